The molecule has 6 heteroatoms. The lowest BCUT2D eigenvalue weighted by Crippen LogP contribution is -2.35. The molecule has 2 aromatic carbocycles. The number of benzene rings is 2. The highest BCUT2D eigenvalue weighted by atomic mass is 16.6. The highest BCUT2D eigenvalue weighted by Crippen LogP contribution is 2.07. The van der Waals surface area contributed by atoms with Crippen LogP contribution in [-0.2, 0) is 32.2 Å². The molecule has 0 heterocycles. The molecule has 0 bridgehead atoms. The largest absolute Gasteiger partial charge is 0.444 e. The molecule has 0 aliphatic carbocycles. The van der Waals surface area contributed by atoms with Crippen molar-refractivity contribution in [3.63, 3.8) is 0 Å². The lowest BCUT2D eigenvalue weighted by molar-refractivity contribution is -0.0656. The van der Waals surface area contributed by atoms with Gasteiger partial charge in [0.1, 0.15) is 11.7 Å². The third-order valence-corrected chi connectivity index (χ3v) is 3.95. The number of rotatable bonds is 12. The molecular formula is C24H33NO5. The van der Waals surface area contributed by atoms with Gasteiger partial charge in [-0.1, -0.05) is 60.7 Å². The quantitative estimate of drug-likeness (QED) is 0.523. The van der Waals surface area contributed by atoms with E-state index < -0.39 is 11.7 Å². The van der Waals surface area contributed by atoms with Crippen LogP contribution in [0.25, 0.3) is 0 Å². The lowest BCUT2D eigenvalue weighted by Gasteiger charge is -2.21. The molecule has 0 aromatic heterocycles. The predicted octanol–water partition coefficient (Wildman–Crippen LogP) is 4.33. The second kappa shape index (κ2) is 13.0. The van der Waals surface area contributed by atoms with Crippen molar-refractivity contribution in [2.24, 2.45) is 0 Å². The average molecular weight is 416 g/mol. The summed E-state index contributed by atoms with van der Waals surface area (Å²) < 4.78 is 22.7. The van der Waals surface area contributed by atoms with E-state index in [-0.39, 0.29) is 6.10 Å². The fraction of sp³-hybridized carbons (Fsp3) is 0.458. The zero-order chi connectivity index (χ0) is 21.7. The standard InChI is InChI=1S/C24H33NO5/c1-24(2,3)30-23(26)25-14-15-29-22(18-27-16-20-10-6-4-7-11-20)19-28-17-21-12-8-5-9-13-21/h4-13,22H,14-19H2,1-3H3,(H,25,26). The summed E-state index contributed by atoms with van der Waals surface area (Å²) in [6.07, 6.45) is -0.693. The summed E-state index contributed by atoms with van der Waals surface area (Å²) in [5, 5.41) is 2.69. The van der Waals surface area contributed by atoms with Gasteiger partial charge in [0.25, 0.3) is 0 Å². The third kappa shape index (κ3) is 11.0. The maximum Gasteiger partial charge on any atom is 0.407 e. The second-order valence-electron chi connectivity index (χ2n) is 7.92. The number of carbonyl (C=O) groups excluding carboxylic acids is 1. The van der Waals surface area contributed by atoms with Crippen LogP contribution in [0.4, 0.5) is 4.79 Å². The van der Waals surface area contributed by atoms with Gasteiger partial charge < -0.3 is 24.3 Å². The average Bonchev–Trinajstić information content (AvgIpc) is 2.71. The Morgan fingerprint density at radius 3 is 1.83 bits per heavy atom. The number of hydrogen-bond donors (Lipinski definition) is 1. The number of nitrogens with one attached hydrogen (secondary N) is 1. The molecule has 0 saturated carbocycles. The molecule has 0 saturated heterocycles. The molecule has 2 rings (SSSR count). The van der Waals surface area contributed by atoms with E-state index in [1.807, 2.05) is 81.4 Å². The number of ether oxygens (including phenoxy) is 4. The molecule has 164 valence electrons. The van der Waals surface area contributed by atoms with Crippen molar-refractivity contribution in [2.75, 3.05) is 26.4 Å². The first-order valence-electron chi connectivity index (χ1n) is 10.2. The van der Waals surface area contributed by atoms with Gasteiger partial charge in [0.05, 0.1) is 33.0 Å². The minimum Gasteiger partial charge on any atom is -0.444 e. The SMILES string of the molecule is CC(C)(C)OC(=O)NCCOC(COCc1ccccc1)COCc1ccccc1. The molecule has 1 N–H and O–H groups in total. The van der Waals surface area contributed by atoms with E-state index >= 15 is 0 Å². The van der Waals surface area contributed by atoms with Crippen molar-refractivity contribution in [1.29, 1.82) is 0 Å². The van der Waals surface area contributed by atoms with Gasteiger partial charge in [-0.2, -0.15) is 0 Å². The Morgan fingerprint density at radius 1 is 0.867 bits per heavy atom. The van der Waals surface area contributed by atoms with Gasteiger partial charge in [-0.15, -0.1) is 0 Å². The lowest BCUT2D eigenvalue weighted by atomic mass is 10.2. The summed E-state index contributed by atoms with van der Waals surface area (Å²) >= 11 is 0. The Kier molecular flexibility index (Phi) is 10.3. The summed E-state index contributed by atoms with van der Waals surface area (Å²) in [6, 6.07) is 20.0. The molecule has 30 heavy (non-hydrogen) atoms. The Morgan fingerprint density at radius 2 is 1.37 bits per heavy atom. The van der Waals surface area contributed by atoms with Crippen molar-refractivity contribution in [2.45, 2.75) is 45.7 Å². The zero-order valence-corrected chi connectivity index (χ0v) is 18.1. The Labute approximate surface area is 179 Å². The first kappa shape index (κ1) is 23.9. The number of carbonyl (C=O) groups is 1. The number of amides is 1. The highest BCUT2D eigenvalue weighted by Gasteiger charge is 2.16. The van der Waals surface area contributed by atoms with Crippen LogP contribution in [0.3, 0.4) is 0 Å². The summed E-state index contributed by atoms with van der Waals surface area (Å²) in [6.45, 7) is 7.99. The molecule has 1 amide bonds. The van der Waals surface area contributed by atoms with Gasteiger partial charge >= 0.3 is 6.09 Å². The molecular weight excluding hydrogens is 382 g/mol. The van der Waals surface area contributed by atoms with Crippen molar-refractivity contribution >= 4 is 6.09 Å². The van der Waals surface area contributed by atoms with Crippen LogP contribution >= 0.6 is 0 Å². The first-order valence-corrected chi connectivity index (χ1v) is 10.2. The molecule has 0 unspecified atom stereocenters. The normalized spacial score (nSPS) is 11.5. The Hall–Kier alpha value is -2.41. The van der Waals surface area contributed by atoms with E-state index in [2.05, 4.69) is 5.32 Å². The van der Waals surface area contributed by atoms with Gasteiger partial charge in [0.15, 0.2) is 0 Å². The van der Waals surface area contributed by atoms with Gasteiger partial charge in [-0.25, -0.2) is 4.79 Å². The molecule has 0 aliphatic heterocycles. The zero-order valence-electron chi connectivity index (χ0n) is 18.1. The van der Waals surface area contributed by atoms with Crippen molar-refractivity contribution in [3.05, 3.63) is 71.8 Å². The summed E-state index contributed by atoms with van der Waals surface area (Å²) in [5.74, 6) is 0. The van der Waals surface area contributed by atoms with Crippen LogP contribution in [0.1, 0.15) is 31.9 Å². The summed E-state index contributed by atoms with van der Waals surface area (Å²) in [7, 11) is 0. The van der Waals surface area contributed by atoms with Crippen LogP contribution in [0.15, 0.2) is 60.7 Å². The third-order valence-electron chi connectivity index (χ3n) is 3.95. The van der Waals surface area contributed by atoms with Crippen molar-refractivity contribution < 1.29 is 23.7 Å². The predicted molar refractivity (Wildman–Crippen MR) is 116 cm³/mol. The van der Waals surface area contributed by atoms with Crippen LogP contribution in [-0.4, -0.2) is 44.2 Å². The molecule has 0 radical (unpaired) electrons. The summed E-state index contributed by atoms with van der Waals surface area (Å²) in [5.41, 5.74) is 1.69. The Bertz CT molecular complexity index is 670. The number of alkyl carbamates (subject to hydrolysis) is 1. The highest BCUT2D eigenvalue weighted by molar-refractivity contribution is 5.67. The van der Waals surface area contributed by atoms with E-state index in [1.165, 1.54) is 0 Å². The van der Waals surface area contributed by atoms with E-state index in [0.29, 0.717) is 39.6 Å². The monoisotopic (exact) mass is 415 g/mol. The van der Waals surface area contributed by atoms with Gasteiger partial charge in [-0.05, 0) is 31.9 Å². The molecule has 0 atom stereocenters. The molecule has 6 nitrogen and oxygen atoms in total. The number of hydrogen-bond acceptors (Lipinski definition) is 5. The minimum absolute atomic E-state index is 0.238. The maximum absolute atomic E-state index is 11.7. The molecule has 0 fully saturated rings. The fourth-order valence-electron chi connectivity index (χ4n) is 2.60. The van der Waals surface area contributed by atoms with E-state index in [0.717, 1.165) is 11.1 Å². The smallest absolute Gasteiger partial charge is 0.407 e. The topological polar surface area (TPSA) is 66.0 Å². The fourth-order valence-corrected chi connectivity index (χ4v) is 2.60. The first-order chi connectivity index (χ1) is 14.4. The van der Waals surface area contributed by atoms with Crippen LogP contribution in [0.2, 0.25) is 0 Å². The van der Waals surface area contributed by atoms with E-state index in [1.54, 1.807) is 0 Å². The van der Waals surface area contributed by atoms with Crippen molar-refractivity contribution in [3.8, 4) is 0 Å². The summed E-state index contributed by atoms with van der Waals surface area (Å²) in [4.78, 5) is 11.7. The Balaban J connectivity index is 1.73. The van der Waals surface area contributed by atoms with Crippen molar-refractivity contribution in [1.82, 2.24) is 5.32 Å². The van der Waals surface area contributed by atoms with Crippen LogP contribution < -0.4 is 5.32 Å². The molecule has 2 aromatic rings. The van der Waals surface area contributed by atoms with E-state index in [4.69, 9.17) is 18.9 Å². The molecule has 0 aliphatic rings. The van der Waals surface area contributed by atoms with Gasteiger partial charge in [0, 0.05) is 6.54 Å². The second-order valence-corrected chi connectivity index (χ2v) is 7.92. The molecule has 0 spiro atoms. The van der Waals surface area contributed by atoms with E-state index in [9.17, 15) is 4.79 Å². The maximum atomic E-state index is 11.7. The van der Waals surface area contributed by atoms with Gasteiger partial charge in [0.2, 0.25) is 0 Å². The minimum atomic E-state index is -0.524. The van der Waals surface area contributed by atoms with Crippen LogP contribution in [0, 0.1) is 0 Å². The van der Waals surface area contributed by atoms with Gasteiger partial charge in [-0.3, -0.25) is 0 Å². The van der Waals surface area contributed by atoms with Crippen LogP contribution in [0.5, 0.6) is 0 Å².